The first-order valence-corrected chi connectivity index (χ1v) is 14.1. The fourth-order valence-corrected chi connectivity index (χ4v) is 6.54. The van der Waals surface area contributed by atoms with Crippen LogP contribution in [-0.2, 0) is 30.2 Å². The molecule has 3 aromatic rings. The lowest BCUT2D eigenvalue weighted by atomic mass is 10.2. The van der Waals surface area contributed by atoms with Crippen molar-refractivity contribution >= 4 is 22.9 Å². The highest BCUT2D eigenvalue weighted by atomic mass is 32.2. The Balaban J connectivity index is 2.22. The summed E-state index contributed by atoms with van der Waals surface area (Å²) in [5.41, 5.74) is 2.29. The Morgan fingerprint density at radius 1 is 0.853 bits per heavy atom. The van der Waals surface area contributed by atoms with Crippen molar-refractivity contribution in [1.82, 2.24) is 4.31 Å². The van der Waals surface area contributed by atoms with Crippen LogP contribution in [0, 0.1) is 6.92 Å². The average molecular weight is 500 g/mol. The van der Waals surface area contributed by atoms with E-state index in [0.29, 0.717) is 5.56 Å². The SMILES string of the molecule is CCOP(=O)(OCC)/C(=C/N(Cc1ccccc1)S(=O)(=O)c1ccc(C)cc1)c1ccccc1. The Kier molecular flexibility index (Phi) is 8.86. The Morgan fingerprint density at radius 3 is 1.91 bits per heavy atom. The van der Waals surface area contributed by atoms with Gasteiger partial charge in [0.25, 0.3) is 10.0 Å². The summed E-state index contributed by atoms with van der Waals surface area (Å²) in [5.74, 6) is 0. The van der Waals surface area contributed by atoms with Gasteiger partial charge >= 0.3 is 7.60 Å². The van der Waals surface area contributed by atoms with Crippen LogP contribution >= 0.6 is 7.60 Å². The molecule has 0 heterocycles. The van der Waals surface area contributed by atoms with Gasteiger partial charge in [-0.15, -0.1) is 0 Å². The van der Waals surface area contributed by atoms with Crippen LogP contribution in [0.1, 0.15) is 30.5 Å². The fraction of sp³-hybridized carbons (Fsp3) is 0.231. The molecule has 6 nitrogen and oxygen atoms in total. The Hall–Kier alpha value is -2.70. The van der Waals surface area contributed by atoms with Crippen molar-refractivity contribution < 1.29 is 22.0 Å². The van der Waals surface area contributed by atoms with E-state index in [4.69, 9.17) is 9.05 Å². The van der Waals surface area contributed by atoms with Gasteiger partial charge in [-0.2, -0.15) is 0 Å². The molecule has 0 saturated heterocycles. The summed E-state index contributed by atoms with van der Waals surface area (Å²) in [5, 5.41) is 0.184. The molecule has 0 spiro atoms. The molecular weight excluding hydrogens is 469 g/mol. The number of aryl methyl sites for hydroxylation is 1. The molecule has 0 amide bonds. The van der Waals surface area contributed by atoms with Crippen LogP contribution in [0.2, 0.25) is 0 Å². The summed E-state index contributed by atoms with van der Waals surface area (Å²) in [6, 6.07) is 24.8. The van der Waals surface area contributed by atoms with E-state index in [-0.39, 0.29) is 30.0 Å². The van der Waals surface area contributed by atoms with Gasteiger partial charge in [-0.25, -0.2) is 8.42 Å². The van der Waals surface area contributed by atoms with Crippen LogP contribution in [0.3, 0.4) is 0 Å². The van der Waals surface area contributed by atoms with Gasteiger partial charge in [0.2, 0.25) is 0 Å². The van der Waals surface area contributed by atoms with Gasteiger partial charge in [0.15, 0.2) is 0 Å². The first-order chi connectivity index (χ1) is 16.3. The monoisotopic (exact) mass is 499 g/mol. The molecule has 8 heteroatoms. The molecule has 0 aliphatic carbocycles. The third-order valence-electron chi connectivity index (χ3n) is 5.04. The lowest BCUT2D eigenvalue weighted by Gasteiger charge is -2.26. The number of hydrogen-bond acceptors (Lipinski definition) is 5. The van der Waals surface area contributed by atoms with Crippen LogP contribution < -0.4 is 0 Å². The predicted molar refractivity (Wildman–Crippen MR) is 136 cm³/mol. The number of sulfonamides is 1. The third kappa shape index (κ3) is 6.24. The number of rotatable bonds is 11. The maximum Gasteiger partial charge on any atom is 0.363 e. The third-order valence-corrected chi connectivity index (χ3v) is 8.92. The van der Waals surface area contributed by atoms with Crippen molar-refractivity contribution in [2.75, 3.05) is 13.2 Å². The van der Waals surface area contributed by atoms with E-state index in [1.807, 2.05) is 43.3 Å². The van der Waals surface area contributed by atoms with Crippen LogP contribution in [0.4, 0.5) is 0 Å². The molecule has 3 aromatic carbocycles. The van der Waals surface area contributed by atoms with Gasteiger partial charge in [-0.05, 0) is 44.0 Å². The van der Waals surface area contributed by atoms with E-state index in [1.54, 1.807) is 62.4 Å². The molecule has 3 rings (SSSR count). The summed E-state index contributed by atoms with van der Waals surface area (Å²) < 4.78 is 53.8. The minimum Gasteiger partial charge on any atom is -0.305 e. The second-order valence-corrected chi connectivity index (χ2v) is 11.4. The second kappa shape index (κ2) is 11.6. The molecule has 0 aliphatic heterocycles. The number of benzene rings is 3. The minimum absolute atomic E-state index is 0.0473. The van der Waals surface area contributed by atoms with Gasteiger partial charge in [0.1, 0.15) is 0 Å². The van der Waals surface area contributed by atoms with Crippen molar-refractivity contribution in [2.45, 2.75) is 32.2 Å². The van der Waals surface area contributed by atoms with E-state index in [9.17, 15) is 13.0 Å². The fourth-order valence-electron chi connectivity index (χ4n) is 3.37. The number of hydrogen-bond donors (Lipinski definition) is 0. The second-order valence-electron chi connectivity index (χ2n) is 7.56. The Morgan fingerprint density at radius 2 is 1.38 bits per heavy atom. The molecule has 0 unspecified atom stereocenters. The van der Waals surface area contributed by atoms with Gasteiger partial charge in [-0.1, -0.05) is 78.4 Å². The van der Waals surface area contributed by atoms with Crippen molar-refractivity contribution in [2.24, 2.45) is 0 Å². The predicted octanol–water partition coefficient (Wildman–Crippen LogP) is 6.45. The Bertz CT molecular complexity index is 1230. The maximum atomic E-state index is 13.9. The van der Waals surface area contributed by atoms with E-state index in [1.165, 1.54) is 10.5 Å². The highest BCUT2D eigenvalue weighted by Crippen LogP contribution is 2.60. The molecule has 34 heavy (non-hydrogen) atoms. The maximum absolute atomic E-state index is 13.9. The molecule has 0 aromatic heterocycles. The molecule has 0 bridgehead atoms. The van der Waals surface area contributed by atoms with Gasteiger partial charge in [-0.3, -0.25) is 8.87 Å². The quantitative estimate of drug-likeness (QED) is 0.284. The summed E-state index contributed by atoms with van der Waals surface area (Å²) in [7, 11) is -7.81. The summed E-state index contributed by atoms with van der Waals surface area (Å²) in [6.07, 6.45) is 1.39. The Labute approximate surface area is 202 Å². The van der Waals surface area contributed by atoms with Crippen molar-refractivity contribution in [3.8, 4) is 0 Å². The van der Waals surface area contributed by atoms with E-state index < -0.39 is 17.6 Å². The highest BCUT2D eigenvalue weighted by Gasteiger charge is 2.33. The van der Waals surface area contributed by atoms with Crippen molar-refractivity contribution in [3.05, 3.63) is 108 Å². The molecule has 0 aliphatic rings. The summed E-state index contributed by atoms with van der Waals surface area (Å²) >= 11 is 0. The van der Waals surface area contributed by atoms with Crippen LogP contribution in [-0.4, -0.2) is 25.9 Å². The standard InChI is InChI=1S/C26H30NO5PS/c1-4-31-33(28,32-5-2)26(24-14-10-7-11-15-24)21-27(20-23-12-8-6-9-13-23)34(29,30)25-18-16-22(3)17-19-25/h6-19,21H,4-5,20H2,1-3H3/b26-21+. The lowest BCUT2D eigenvalue weighted by Crippen LogP contribution is -2.26. The zero-order valence-corrected chi connectivity index (χ0v) is 21.3. The molecule has 180 valence electrons. The first kappa shape index (κ1) is 25.9. The minimum atomic E-state index is -3.98. The van der Waals surface area contributed by atoms with Crippen molar-refractivity contribution in [3.63, 3.8) is 0 Å². The zero-order valence-electron chi connectivity index (χ0n) is 19.6. The largest absolute Gasteiger partial charge is 0.363 e. The van der Waals surface area contributed by atoms with Crippen molar-refractivity contribution in [1.29, 1.82) is 0 Å². The van der Waals surface area contributed by atoms with Crippen LogP contribution in [0.25, 0.3) is 5.31 Å². The summed E-state index contributed by atoms with van der Waals surface area (Å²) in [6.45, 7) is 5.67. The van der Waals surface area contributed by atoms with Gasteiger partial charge in [0.05, 0.1) is 30.0 Å². The summed E-state index contributed by atoms with van der Waals surface area (Å²) in [4.78, 5) is 0.139. The van der Waals surface area contributed by atoms with Gasteiger partial charge < -0.3 is 9.05 Å². The molecule has 0 radical (unpaired) electrons. The molecule has 0 saturated carbocycles. The van der Waals surface area contributed by atoms with Gasteiger partial charge in [0, 0.05) is 6.20 Å². The van der Waals surface area contributed by atoms with E-state index in [2.05, 4.69) is 0 Å². The van der Waals surface area contributed by atoms with Crippen LogP contribution in [0.5, 0.6) is 0 Å². The molecule has 0 N–H and O–H groups in total. The average Bonchev–Trinajstić information content (AvgIpc) is 2.83. The highest BCUT2D eigenvalue weighted by molar-refractivity contribution is 7.89. The number of nitrogens with zero attached hydrogens (tertiary/aromatic N) is 1. The molecule has 0 fully saturated rings. The zero-order chi connectivity index (χ0) is 24.6. The normalized spacial score (nSPS) is 12.5. The topological polar surface area (TPSA) is 72.9 Å². The molecular formula is C26H30NO5PS. The first-order valence-electron chi connectivity index (χ1n) is 11.1. The molecule has 0 atom stereocenters. The lowest BCUT2D eigenvalue weighted by molar-refractivity contribution is 0.230. The van der Waals surface area contributed by atoms with E-state index in [0.717, 1.165) is 11.1 Å². The van der Waals surface area contributed by atoms with Crippen LogP contribution in [0.15, 0.2) is 96.0 Å². The van der Waals surface area contributed by atoms with E-state index >= 15 is 0 Å². The smallest absolute Gasteiger partial charge is 0.305 e.